The predicted octanol–water partition coefficient (Wildman–Crippen LogP) is 3.44. The highest BCUT2D eigenvalue weighted by molar-refractivity contribution is 14.0. The Balaban J connectivity index is 0.00000261. The Morgan fingerprint density at radius 2 is 1.63 bits per heavy atom. The van der Waals surface area contributed by atoms with E-state index in [1.165, 1.54) is 77.3 Å². The highest BCUT2D eigenvalue weighted by Crippen LogP contribution is 2.26. The van der Waals surface area contributed by atoms with E-state index in [1.807, 2.05) is 0 Å². The summed E-state index contributed by atoms with van der Waals surface area (Å²) in [5.74, 6) is 1.02. The maximum Gasteiger partial charge on any atom is 0.191 e. The third-order valence-electron chi connectivity index (χ3n) is 6.73. The molecule has 3 rings (SSSR count). The SMILES string of the molecule is CCNC(=NCCN(C)C1CCCC1)NC1CCN(C2CCCC2)CC1.I. The number of hydrogen-bond acceptors (Lipinski definition) is 3. The van der Waals surface area contributed by atoms with Gasteiger partial charge in [-0.25, -0.2) is 0 Å². The molecule has 3 fully saturated rings. The third-order valence-corrected chi connectivity index (χ3v) is 6.73. The minimum Gasteiger partial charge on any atom is -0.357 e. The second-order valence-corrected chi connectivity index (χ2v) is 8.57. The fraction of sp³-hybridized carbons (Fsp3) is 0.952. The Kier molecular flexibility index (Phi) is 10.7. The van der Waals surface area contributed by atoms with Crippen LogP contribution in [0.25, 0.3) is 0 Å². The molecule has 158 valence electrons. The average Bonchev–Trinajstić information content (AvgIpc) is 3.36. The molecule has 5 nitrogen and oxygen atoms in total. The van der Waals surface area contributed by atoms with Crippen LogP contribution in [0.15, 0.2) is 4.99 Å². The van der Waals surface area contributed by atoms with E-state index in [-0.39, 0.29) is 24.0 Å². The molecule has 0 atom stereocenters. The molecule has 0 unspecified atom stereocenters. The molecular formula is C21H42IN5. The van der Waals surface area contributed by atoms with Gasteiger partial charge in [0.1, 0.15) is 0 Å². The molecule has 27 heavy (non-hydrogen) atoms. The van der Waals surface area contributed by atoms with E-state index in [4.69, 9.17) is 4.99 Å². The van der Waals surface area contributed by atoms with Crippen molar-refractivity contribution in [2.24, 2.45) is 4.99 Å². The number of guanidine groups is 1. The Bertz CT molecular complexity index is 424. The summed E-state index contributed by atoms with van der Waals surface area (Å²) in [6, 6.07) is 2.25. The summed E-state index contributed by atoms with van der Waals surface area (Å²) >= 11 is 0. The number of aliphatic imine (C=N–C) groups is 1. The lowest BCUT2D eigenvalue weighted by atomic mass is 10.0. The van der Waals surface area contributed by atoms with Crippen LogP contribution in [0.4, 0.5) is 0 Å². The molecule has 3 aliphatic rings. The van der Waals surface area contributed by atoms with Crippen molar-refractivity contribution < 1.29 is 0 Å². The van der Waals surface area contributed by atoms with Crippen molar-refractivity contribution in [2.45, 2.75) is 89.3 Å². The molecule has 0 aromatic heterocycles. The van der Waals surface area contributed by atoms with E-state index >= 15 is 0 Å². The van der Waals surface area contributed by atoms with Crippen LogP contribution in [-0.4, -0.2) is 73.7 Å². The maximum absolute atomic E-state index is 4.85. The second-order valence-electron chi connectivity index (χ2n) is 8.57. The summed E-state index contributed by atoms with van der Waals surface area (Å²) in [7, 11) is 2.27. The molecule has 0 amide bonds. The van der Waals surface area contributed by atoms with Crippen molar-refractivity contribution in [3.05, 3.63) is 0 Å². The first-order valence-electron chi connectivity index (χ1n) is 11.3. The zero-order valence-corrected chi connectivity index (χ0v) is 19.9. The lowest BCUT2D eigenvalue weighted by Gasteiger charge is -2.36. The molecule has 2 saturated carbocycles. The van der Waals surface area contributed by atoms with Gasteiger partial charge in [-0.05, 0) is 52.5 Å². The molecule has 2 aliphatic carbocycles. The van der Waals surface area contributed by atoms with Gasteiger partial charge in [0, 0.05) is 44.3 Å². The molecule has 2 N–H and O–H groups in total. The lowest BCUT2D eigenvalue weighted by Crippen LogP contribution is -2.50. The van der Waals surface area contributed by atoms with Gasteiger partial charge >= 0.3 is 0 Å². The van der Waals surface area contributed by atoms with Crippen molar-refractivity contribution in [3.63, 3.8) is 0 Å². The van der Waals surface area contributed by atoms with Crippen LogP contribution in [0, 0.1) is 0 Å². The van der Waals surface area contributed by atoms with Crippen molar-refractivity contribution in [1.82, 2.24) is 20.4 Å². The van der Waals surface area contributed by atoms with E-state index in [2.05, 4.69) is 34.4 Å². The number of halogens is 1. The van der Waals surface area contributed by atoms with E-state index in [0.29, 0.717) is 6.04 Å². The molecule has 0 bridgehead atoms. The molecule has 1 heterocycles. The lowest BCUT2D eigenvalue weighted by molar-refractivity contribution is 0.150. The Labute approximate surface area is 184 Å². The van der Waals surface area contributed by atoms with E-state index in [1.54, 1.807) is 0 Å². The molecule has 6 heteroatoms. The van der Waals surface area contributed by atoms with Crippen molar-refractivity contribution in [3.8, 4) is 0 Å². The predicted molar refractivity (Wildman–Crippen MR) is 126 cm³/mol. The number of likely N-dealkylation sites (tertiary alicyclic amines) is 1. The van der Waals surface area contributed by atoms with Gasteiger partial charge in [-0.2, -0.15) is 0 Å². The molecule has 1 saturated heterocycles. The fourth-order valence-electron chi connectivity index (χ4n) is 5.04. The zero-order valence-electron chi connectivity index (χ0n) is 17.6. The van der Waals surface area contributed by atoms with Gasteiger partial charge in [-0.3, -0.25) is 4.99 Å². The Hall–Kier alpha value is -0.0800. The number of hydrogen-bond donors (Lipinski definition) is 2. The molecule has 0 spiro atoms. The van der Waals surface area contributed by atoms with E-state index in [0.717, 1.165) is 37.7 Å². The summed E-state index contributed by atoms with van der Waals surface area (Å²) in [6.07, 6.45) is 13.8. The topological polar surface area (TPSA) is 42.9 Å². The van der Waals surface area contributed by atoms with Gasteiger partial charge < -0.3 is 20.4 Å². The van der Waals surface area contributed by atoms with Gasteiger partial charge in [0.2, 0.25) is 0 Å². The van der Waals surface area contributed by atoms with Crippen molar-refractivity contribution >= 4 is 29.9 Å². The first-order chi connectivity index (χ1) is 12.8. The first-order valence-corrected chi connectivity index (χ1v) is 11.3. The van der Waals surface area contributed by atoms with Gasteiger partial charge in [0.15, 0.2) is 5.96 Å². The van der Waals surface area contributed by atoms with Crippen molar-refractivity contribution in [1.29, 1.82) is 0 Å². The van der Waals surface area contributed by atoms with Crippen LogP contribution in [0.1, 0.15) is 71.1 Å². The van der Waals surface area contributed by atoms with Crippen LogP contribution >= 0.6 is 24.0 Å². The summed E-state index contributed by atoms with van der Waals surface area (Å²) in [5.41, 5.74) is 0. The van der Waals surface area contributed by atoms with Crippen molar-refractivity contribution in [2.75, 3.05) is 39.8 Å². The van der Waals surface area contributed by atoms with Gasteiger partial charge in [0.25, 0.3) is 0 Å². The monoisotopic (exact) mass is 491 g/mol. The third kappa shape index (κ3) is 7.35. The van der Waals surface area contributed by atoms with Crippen LogP contribution in [0.2, 0.25) is 0 Å². The molecule has 0 radical (unpaired) electrons. The Morgan fingerprint density at radius 3 is 2.26 bits per heavy atom. The smallest absolute Gasteiger partial charge is 0.191 e. The minimum absolute atomic E-state index is 0. The largest absolute Gasteiger partial charge is 0.357 e. The maximum atomic E-state index is 4.85. The summed E-state index contributed by atoms with van der Waals surface area (Å²) in [5, 5.41) is 7.15. The summed E-state index contributed by atoms with van der Waals surface area (Å²) in [4.78, 5) is 10.1. The zero-order chi connectivity index (χ0) is 18.2. The average molecular weight is 492 g/mol. The standard InChI is InChI=1S/C21H41N5.HI/c1-3-22-21(23-14-17-25(2)19-8-4-5-9-19)24-18-12-15-26(16-13-18)20-10-6-7-11-20;/h18-20H,3-17H2,1-2H3,(H2,22,23,24);1H. The highest BCUT2D eigenvalue weighted by Gasteiger charge is 2.27. The molecule has 0 aromatic carbocycles. The van der Waals surface area contributed by atoms with E-state index in [9.17, 15) is 0 Å². The quantitative estimate of drug-likeness (QED) is 0.325. The second kappa shape index (κ2) is 12.5. The number of likely N-dealkylation sites (N-methyl/N-ethyl adjacent to an activating group) is 1. The molecule has 0 aromatic rings. The highest BCUT2D eigenvalue weighted by atomic mass is 127. The van der Waals surface area contributed by atoms with Crippen LogP contribution < -0.4 is 10.6 Å². The Morgan fingerprint density at radius 1 is 1.00 bits per heavy atom. The number of nitrogens with zero attached hydrogens (tertiary/aromatic N) is 3. The number of piperidine rings is 1. The first kappa shape index (κ1) is 23.2. The van der Waals surface area contributed by atoms with E-state index < -0.39 is 0 Å². The molecule has 1 aliphatic heterocycles. The number of nitrogens with one attached hydrogen (secondary N) is 2. The minimum atomic E-state index is 0. The summed E-state index contributed by atoms with van der Waals surface area (Å²) in [6.45, 7) is 7.57. The number of rotatable bonds is 7. The normalized spacial score (nSPS) is 23.7. The summed E-state index contributed by atoms with van der Waals surface area (Å²) < 4.78 is 0. The molecular weight excluding hydrogens is 449 g/mol. The van der Waals surface area contributed by atoms with Crippen LogP contribution in [0.3, 0.4) is 0 Å². The van der Waals surface area contributed by atoms with Crippen LogP contribution in [-0.2, 0) is 0 Å². The fourth-order valence-corrected chi connectivity index (χ4v) is 5.04. The van der Waals surface area contributed by atoms with Gasteiger partial charge in [0.05, 0.1) is 6.54 Å². The van der Waals surface area contributed by atoms with Crippen LogP contribution in [0.5, 0.6) is 0 Å². The van der Waals surface area contributed by atoms with Gasteiger partial charge in [-0.15, -0.1) is 24.0 Å². The van der Waals surface area contributed by atoms with Gasteiger partial charge in [-0.1, -0.05) is 25.7 Å².